The first-order chi connectivity index (χ1) is 22.2. The standard InChI is InChI=1S/C36H44N4O6.CH4/c1-36(20-25-21-37-28-13-6-5-11-26(25)28,40-35(44)46-30-17-14-22-8-7-10-24(30)18-22)34(43)38-29-16-15-23-9-3-4-12-27(23)33(29)39-31(41)19-32(42)45-2;/h3-6,9,11-13,21-22,24,29-30,33,37H,7-8,10,14-20H2,1-2H3,(H,38,43)(H,39,41)(H,40,44);1H4. The number of aromatic amines is 1. The molecule has 3 aliphatic carbocycles. The Morgan fingerprint density at radius 2 is 1.74 bits per heavy atom. The number of hydrogen-bond acceptors (Lipinski definition) is 6. The van der Waals surface area contributed by atoms with Gasteiger partial charge in [-0.2, -0.15) is 0 Å². The minimum Gasteiger partial charge on any atom is -0.469 e. The number of ether oxygens (including phenoxy) is 2. The molecule has 1 aromatic heterocycles. The molecule has 1 heterocycles. The highest BCUT2D eigenvalue weighted by Gasteiger charge is 2.42. The highest BCUT2D eigenvalue weighted by molar-refractivity contribution is 5.95. The molecule has 0 aliphatic heterocycles. The van der Waals surface area contributed by atoms with Crippen molar-refractivity contribution in [3.8, 4) is 0 Å². The predicted octanol–water partition coefficient (Wildman–Crippen LogP) is 5.65. The van der Waals surface area contributed by atoms with E-state index in [1.807, 2.05) is 54.7 Å². The summed E-state index contributed by atoms with van der Waals surface area (Å²) < 4.78 is 10.7. The van der Waals surface area contributed by atoms with Crippen molar-refractivity contribution in [2.24, 2.45) is 11.8 Å². The lowest BCUT2D eigenvalue weighted by Gasteiger charge is -2.40. The fraction of sp³-hybridized carbons (Fsp3) is 0.514. The van der Waals surface area contributed by atoms with Crippen molar-refractivity contribution in [2.45, 2.75) is 102 Å². The molecule has 2 saturated carbocycles. The third-order valence-electron chi connectivity index (χ3n) is 10.2. The highest BCUT2D eigenvalue weighted by Crippen LogP contribution is 2.41. The smallest absolute Gasteiger partial charge is 0.408 e. The Labute approximate surface area is 276 Å². The van der Waals surface area contributed by atoms with Crippen LogP contribution in [-0.4, -0.2) is 53.7 Å². The minimum atomic E-state index is -1.37. The van der Waals surface area contributed by atoms with E-state index in [4.69, 9.17) is 4.74 Å². The van der Waals surface area contributed by atoms with Crippen LogP contribution in [0, 0.1) is 11.8 Å². The summed E-state index contributed by atoms with van der Waals surface area (Å²) in [5, 5.41) is 10.1. The predicted molar refractivity (Wildman–Crippen MR) is 179 cm³/mol. The van der Waals surface area contributed by atoms with Gasteiger partial charge in [-0.05, 0) is 80.0 Å². The SMILES string of the molecule is C.COC(=O)CC(=O)NC1c2ccccc2CCC1NC(=O)C(C)(Cc1c[nH]c2ccccc12)NC(=O)OC1CCC2CCCC1C2. The molecule has 6 atom stereocenters. The van der Waals surface area contributed by atoms with E-state index in [1.54, 1.807) is 6.92 Å². The monoisotopic (exact) mass is 644 g/mol. The molecule has 0 spiro atoms. The molecule has 3 aliphatic rings. The molecule has 2 bridgehead atoms. The fourth-order valence-electron chi connectivity index (χ4n) is 7.80. The maximum Gasteiger partial charge on any atom is 0.408 e. The van der Waals surface area contributed by atoms with E-state index < -0.39 is 42.0 Å². The first-order valence-electron chi connectivity index (χ1n) is 16.5. The van der Waals surface area contributed by atoms with Crippen LogP contribution in [0.15, 0.2) is 54.7 Å². The number of methoxy groups -OCH3 is 1. The van der Waals surface area contributed by atoms with E-state index in [0.717, 1.165) is 59.2 Å². The Kier molecular flexibility index (Phi) is 10.6. The number of H-pyrrole nitrogens is 1. The van der Waals surface area contributed by atoms with Gasteiger partial charge in [0.15, 0.2) is 0 Å². The number of fused-ring (bicyclic) bond motifs is 4. The Bertz CT molecular complexity index is 1600. The average molecular weight is 645 g/mol. The second-order valence-corrected chi connectivity index (χ2v) is 13.4. The molecule has 3 aromatic rings. The van der Waals surface area contributed by atoms with Gasteiger partial charge in [-0.25, -0.2) is 4.79 Å². The summed E-state index contributed by atoms with van der Waals surface area (Å²) in [4.78, 5) is 55.9. The van der Waals surface area contributed by atoms with Crippen molar-refractivity contribution in [3.63, 3.8) is 0 Å². The van der Waals surface area contributed by atoms with Crippen LogP contribution in [0.4, 0.5) is 4.79 Å². The molecule has 6 unspecified atom stereocenters. The Hall–Kier alpha value is -4.34. The lowest BCUT2D eigenvalue weighted by molar-refractivity contribution is -0.144. The van der Waals surface area contributed by atoms with Gasteiger partial charge in [-0.15, -0.1) is 0 Å². The van der Waals surface area contributed by atoms with Gasteiger partial charge in [0, 0.05) is 23.5 Å². The van der Waals surface area contributed by atoms with Crippen molar-refractivity contribution in [3.05, 3.63) is 71.4 Å². The third kappa shape index (κ3) is 7.63. The number of amides is 3. The summed E-state index contributed by atoms with van der Waals surface area (Å²) in [6.07, 6.45) is 8.67. The number of aromatic nitrogens is 1. The number of aryl methyl sites for hydroxylation is 1. The lowest BCUT2D eigenvalue weighted by atomic mass is 9.71. The van der Waals surface area contributed by atoms with E-state index in [2.05, 4.69) is 25.7 Å². The number of carbonyl (C=O) groups excluding carboxylic acids is 4. The molecule has 2 aromatic carbocycles. The van der Waals surface area contributed by atoms with Gasteiger partial charge in [-0.1, -0.05) is 62.7 Å². The van der Waals surface area contributed by atoms with E-state index >= 15 is 0 Å². The van der Waals surface area contributed by atoms with Crippen molar-refractivity contribution in [1.29, 1.82) is 0 Å². The molecular formula is C37H48N4O6. The summed E-state index contributed by atoms with van der Waals surface area (Å²) in [7, 11) is 1.24. The molecular weight excluding hydrogens is 596 g/mol. The second kappa shape index (κ2) is 14.6. The van der Waals surface area contributed by atoms with E-state index in [-0.39, 0.29) is 25.9 Å². The molecule has 2 fully saturated rings. The maximum atomic E-state index is 14.4. The number of rotatable bonds is 9. The molecule has 3 amide bonds. The van der Waals surface area contributed by atoms with Crippen LogP contribution in [0.3, 0.4) is 0 Å². The summed E-state index contributed by atoms with van der Waals surface area (Å²) in [6, 6.07) is 14.6. The number of alkyl carbamates (subject to hydrolysis) is 1. The Balaban J connectivity index is 0.00000433. The van der Waals surface area contributed by atoms with Crippen LogP contribution in [-0.2, 0) is 36.7 Å². The Morgan fingerprint density at radius 1 is 0.957 bits per heavy atom. The summed E-state index contributed by atoms with van der Waals surface area (Å²) in [5.41, 5.74) is 2.40. The molecule has 10 heteroatoms. The zero-order chi connectivity index (χ0) is 32.3. The molecule has 4 N–H and O–H groups in total. The number of para-hydroxylation sites is 1. The van der Waals surface area contributed by atoms with Crippen LogP contribution < -0.4 is 16.0 Å². The number of benzene rings is 2. The minimum absolute atomic E-state index is 0. The van der Waals surface area contributed by atoms with Crippen LogP contribution >= 0.6 is 0 Å². The second-order valence-electron chi connectivity index (χ2n) is 13.4. The van der Waals surface area contributed by atoms with Gasteiger partial charge >= 0.3 is 12.1 Å². The van der Waals surface area contributed by atoms with E-state index in [0.29, 0.717) is 18.8 Å². The van der Waals surface area contributed by atoms with Gasteiger partial charge in [0.05, 0.1) is 19.2 Å². The summed E-state index contributed by atoms with van der Waals surface area (Å²) in [6.45, 7) is 1.73. The number of hydrogen-bond donors (Lipinski definition) is 4. The maximum absolute atomic E-state index is 14.4. The number of nitrogens with one attached hydrogen (secondary N) is 4. The third-order valence-corrected chi connectivity index (χ3v) is 10.2. The highest BCUT2D eigenvalue weighted by atomic mass is 16.6. The number of esters is 1. The molecule has 0 saturated heterocycles. The van der Waals surface area contributed by atoms with Gasteiger partial charge in [0.25, 0.3) is 0 Å². The van der Waals surface area contributed by atoms with Gasteiger partial charge in [0.1, 0.15) is 18.1 Å². The zero-order valence-electron chi connectivity index (χ0n) is 26.6. The van der Waals surface area contributed by atoms with Crippen molar-refractivity contribution in [2.75, 3.05) is 7.11 Å². The normalized spacial score (nSPS) is 24.4. The topological polar surface area (TPSA) is 139 Å². The molecule has 0 radical (unpaired) electrons. The lowest BCUT2D eigenvalue weighted by Crippen LogP contribution is -2.62. The summed E-state index contributed by atoms with van der Waals surface area (Å²) >= 11 is 0. The largest absolute Gasteiger partial charge is 0.469 e. The Morgan fingerprint density at radius 3 is 2.57 bits per heavy atom. The van der Waals surface area contributed by atoms with Crippen LogP contribution in [0.1, 0.15) is 88.4 Å². The van der Waals surface area contributed by atoms with Gasteiger partial charge in [0.2, 0.25) is 11.8 Å². The quantitative estimate of drug-likeness (QED) is 0.175. The first kappa shape index (κ1) is 34.0. The van der Waals surface area contributed by atoms with Gasteiger partial charge in [-0.3, -0.25) is 14.4 Å². The molecule has 47 heavy (non-hydrogen) atoms. The molecule has 252 valence electrons. The zero-order valence-corrected chi connectivity index (χ0v) is 26.6. The van der Waals surface area contributed by atoms with Gasteiger partial charge < -0.3 is 30.4 Å². The first-order valence-corrected chi connectivity index (χ1v) is 16.5. The van der Waals surface area contributed by atoms with E-state index in [1.165, 1.54) is 20.0 Å². The average Bonchev–Trinajstić information content (AvgIpc) is 3.45. The fourth-order valence-corrected chi connectivity index (χ4v) is 7.80. The van der Waals surface area contributed by atoms with Crippen LogP contribution in [0.5, 0.6) is 0 Å². The summed E-state index contributed by atoms with van der Waals surface area (Å²) in [5.74, 6) is -0.427. The van der Waals surface area contributed by atoms with Crippen LogP contribution in [0.2, 0.25) is 0 Å². The van der Waals surface area contributed by atoms with E-state index in [9.17, 15) is 19.2 Å². The van der Waals surface area contributed by atoms with Crippen molar-refractivity contribution >= 4 is 34.8 Å². The molecule has 10 nitrogen and oxygen atoms in total. The van der Waals surface area contributed by atoms with Crippen molar-refractivity contribution < 1.29 is 28.7 Å². The number of carbonyl (C=O) groups is 4. The molecule has 6 rings (SSSR count). The van der Waals surface area contributed by atoms with Crippen molar-refractivity contribution in [1.82, 2.24) is 20.9 Å². The van der Waals surface area contributed by atoms with Crippen LogP contribution in [0.25, 0.3) is 10.9 Å².